The van der Waals surface area contributed by atoms with Gasteiger partial charge in [-0.15, -0.1) is 0 Å². The molecule has 1 saturated heterocycles. The highest BCUT2D eigenvalue weighted by Gasteiger charge is 2.19. The summed E-state index contributed by atoms with van der Waals surface area (Å²) in [6, 6.07) is 13.9. The fourth-order valence-corrected chi connectivity index (χ4v) is 3.51. The van der Waals surface area contributed by atoms with Gasteiger partial charge < -0.3 is 24.6 Å². The zero-order valence-electron chi connectivity index (χ0n) is 18.3. The Kier molecular flexibility index (Phi) is 8.11. The van der Waals surface area contributed by atoms with E-state index in [1.165, 1.54) is 0 Å². The maximum Gasteiger partial charge on any atom is 0.211 e. The summed E-state index contributed by atoms with van der Waals surface area (Å²) in [5.74, 6) is 1.67. The summed E-state index contributed by atoms with van der Waals surface area (Å²) in [7, 11) is 4.24. The Morgan fingerprint density at radius 1 is 1.17 bits per heavy atom. The molecular formula is C24H33N3O3. The molecule has 0 radical (unpaired) electrons. The van der Waals surface area contributed by atoms with E-state index in [0.717, 1.165) is 67.3 Å². The van der Waals surface area contributed by atoms with Crippen LogP contribution in [0.25, 0.3) is 11.1 Å². The number of likely N-dealkylation sites (N-methyl/N-ethyl adjacent to an activating group) is 1. The highest BCUT2D eigenvalue weighted by molar-refractivity contribution is 5.76. The first-order chi connectivity index (χ1) is 14.6. The van der Waals surface area contributed by atoms with Crippen LogP contribution in [0.5, 0.6) is 11.5 Å². The molecule has 0 aromatic heterocycles. The standard InChI is InChI=1S/C24H33N3O3/c1-4-26(2)15-16-29-24-17-22(30-21-11-13-27(3)14-12-21)9-10-23(24)19-5-7-20(8-6-19)25-18-28/h5-10,17-18,21H,4,11-16H2,1-3H3,(H,25,28). The highest BCUT2D eigenvalue weighted by atomic mass is 16.5. The van der Waals surface area contributed by atoms with Crippen molar-refractivity contribution < 1.29 is 14.3 Å². The number of rotatable bonds is 10. The van der Waals surface area contributed by atoms with Gasteiger partial charge in [0.05, 0.1) is 0 Å². The van der Waals surface area contributed by atoms with Gasteiger partial charge in [0.15, 0.2) is 0 Å². The van der Waals surface area contributed by atoms with E-state index in [9.17, 15) is 4.79 Å². The summed E-state index contributed by atoms with van der Waals surface area (Å²) in [6.45, 7) is 6.72. The molecule has 2 aromatic rings. The van der Waals surface area contributed by atoms with Crippen molar-refractivity contribution in [3.63, 3.8) is 0 Å². The lowest BCUT2D eigenvalue weighted by Gasteiger charge is -2.29. The SMILES string of the molecule is CCN(C)CCOc1cc(OC2CCN(C)CC2)ccc1-c1ccc(NC=O)cc1. The molecule has 0 atom stereocenters. The zero-order valence-corrected chi connectivity index (χ0v) is 18.3. The van der Waals surface area contributed by atoms with Gasteiger partial charge in [-0.1, -0.05) is 19.1 Å². The molecule has 0 spiro atoms. The molecule has 6 nitrogen and oxygen atoms in total. The number of anilines is 1. The summed E-state index contributed by atoms with van der Waals surface area (Å²) in [6.07, 6.45) is 3.02. The number of piperidine rings is 1. The third-order valence-corrected chi connectivity index (χ3v) is 5.61. The zero-order chi connectivity index (χ0) is 21.3. The van der Waals surface area contributed by atoms with Gasteiger partial charge in [0.2, 0.25) is 6.41 Å². The average Bonchev–Trinajstić information content (AvgIpc) is 2.76. The predicted octanol–water partition coefficient (Wildman–Crippen LogP) is 3.73. The number of nitrogens with one attached hydrogen (secondary N) is 1. The maximum atomic E-state index is 10.6. The lowest BCUT2D eigenvalue weighted by atomic mass is 10.0. The van der Waals surface area contributed by atoms with Crippen LogP contribution in [-0.2, 0) is 4.79 Å². The van der Waals surface area contributed by atoms with Crippen LogP contribution in [0.4, 0.5) is 5.69 Å². The molecule has 162 valence electrons. The fraction of sp³-hybridized carbons (Fsp3) is 0.458. The van der Waals surface area contributed by atoms with Gasteiger partial charge in [0.25, 0.3) is 0 Å². The Labute approximate surface area is 179 Å². The van der Waals surface area contributed by atoms with E-state index in [4.69, 9.17) is 9.47 Å². The van der Waals surface area contributed by atoms with Gasteiger partial charge in [0.1, 0.15) is 24.2 Å². The molecule has 6 heteroatoms. The molecule has 1 heterocycles. The van der Waals surface area contributed by atoms with Crippen molar-refractivity contribution in [1.82, 2.24) is 9.80 Å². The molecule has 30 heavy (non-hydrogen) atoms. The molecule has 0 unspecified atom stereocenters. The molecule has 3 rings (SSSR count). The topological polar surface area (TPSA) is 54.0 Å². The smallest absolute Gasteiger partial charge is 0.211 e. The minimum absolute atomic E-state index is 0.250. The van der Waals surface area contributed by atoms with Crippen LogP contribution in [0.2, 0.25) is 0 Å². The Bertz CT molecular complexity index is 802. The Hall–Kier alpha value is -2.57. The molecule has 0 aliphatic carbocycles. The van der Waals surface area contributed by atoms with Crippen LogP contribution >= 0.6 is 0 Å². The van der Waals surface area contributed by atoms with Crippen LogP contribution in [-0.4, -0.2) is 69.2 Å². The molecule has 1 aliphatic rings. The number of amides is 1. The number of carbonyl (C=O) groups excluding carboxylic acids is 1. The Morgan fingerprint density at radius 3 is 2.57 bits per heavy atom. The van der Waals surface area contributed by atoms with Crippen LogP contribution in [0, 0.1) is 0 Å². The van der Waals surface area contributed by atoms with E-state index in [-0.39, 0.29) is 6.10 Å². The minimum atomic E-state index is 0.250. The lowest BCUT2D eigenvalue weighted by Crippen LogP contribution is -2.35. The second-order valence-electron chi connectivity index (χ2n) is 7.86. The van der Waals surface area contributed by atoms with Crippen molar-refractivity contribution in [2.24, 2.45) is 0 Å². The van der Waals surface area contributed by atoms with Gasteiger partial charge in [-0.2, -0.15) is 0 Å². The van der Waals surface area contributed by atoms with E-state index in [2.05, 4.69) is 42.2 Å². The molecular weight excluding hydrogens is 378 g/mol. The number of likely N-dealkylation sites (tertiary alicyclic amines) is 1. The molecule has 1 aliphatic heterocycles. The second kappa shape index (κ2) is 11.0. The Morgan fingerprint density at radius 2 is 1.90 bits per heavy atom. The van der Waals surface area contributed by atoms with Crippen LogP contribution in [0.3, 0.4) is 0 Å². The normalized spacial score (nSPS) is 15.2. The average molecular weight is 412 g/mol. The molecule has 1 N–H and O–H groups in total. The summed E-state index contributed by atoms with van der Waals surface area (Å²) in [5.41, 5.74) is 2.82. The lowest BCUT2D eigenvalue weighted by molar-refractivity contribution is -0.105. The van der Waals surface area contributed by atoms with Crippen molar-refractivity contribution in [2.75, 3.05) is 52.2 Å². The van der Waals surface area contributed by atoms with E-state index in [0.29, 0.717) is 13.0 Å². The number of carbonyl (C=O) groups is 1. The first kappa shape index (κ1) is 22.1. The maximum absolute atomic E-state index is 10.6. The van der Waals surface area contributed by atoms with E-state index < -0.39 is 0 Å². The number of benzene rings is 2. The second-order valence-corrected chi connectivity index (χ2v) is 7.86. The van der Waals surface area contributed by atoms with Crippen LogP contribution < -0.4 is 14.8 Å². The number of nitrogens with zero attached hydrogens (tertiary/aromatic N) is 2. The fourth-order valence-electron chi connectivity index (χ4n) is 3.51. The summed E-state index contributed by atoms with van der Waals surface area (Å²) in [4.78, 5) is 15.2. The molecule has 0 saturated carbocycles. The van der Waals surface area contributed by atoms with Gasteiger partial charge in [-0.05, 0) is 63.3 Å². The van der Waals surface area contributed by atoms with Gasteiger partial charge in [-0.3, -0.25) is 4.79 Å². The summed E-state index contributed by atoms with van der Waals surface area (Å²) < 4.78 is 12.5. The largest absolute Gasteiger partial charge is 0.491 e. The number of hydrogen-bond donors (Lipinski definition) is 1. The highest BCUT2D eigenvalue weighted by Crippen LogP contribution is 2.35. The van der Waals surface area contributed by atoms with E-state index in [1.54, 1.807) is 0 Å². The van der Waals surface area contributed by atoms with Gasteiger partial charge in [0, 0.05) is 37.0 Å². The van der Waals surface area contributed by atoms with Crippen molar-refractivity contribution in [3.8, 4) is 22.6 Å². The molecule has 2 aromatic carbocycles. The van der Waals surface area contributed by atoms with Crippen LogP contribution in [0.1, 0.15) is 19.8 Å². The number of hydrogen-bond acceptors (Lipinski definition) is 5. The van der Waals surface area contributed by atoms with Gasteiger partial charge >= 0.3 is 0 Å². The third kappa shape index (κ3) is 6.21. The van der Waals surface area contributed by atoms with E-state index in [1.807, 2.05) is 36.4 Å². The van der Waals surface area contributed by atoms with Crippen molar-refractivity contribution in [2.45, 2.75) is 25.9 Å². The minimum Gasteiger partial charge on any atom is -0.491 e. The third-order valence-electron chi connectivity index (χ3n) is 5.61. The first-order valence-electron chi connectivity index (χ1n) is 10.7. The summed E-state index contributed by atoms with van der Waals surface area (Å²) >= 11 is 0. The predicted molar refractivity (Wildman–Crippen MR) is 121 cm³/mol. The van der Waals surface area contributed by atoms with Crippen LogP contribution in [0.15, 0.2) is 42.5 Å². The molecule has 1 amide bonds. The van der Waals surface area contributed by atoms with Gasteiger partial charge in [-0.25, -0.2) is 0 Å². The summed E-state index contributed by atoms with van der Waals surface area (Å²) in [5, 5.41) is 2.67. The molecule has 1 fully saturated rings. The van der Waals surface area contributed by atoms with E-state index >= 15 is 0 Å². The quantitative estimate of drug-likeness (QED) is 0.604. The van der Waals surface area contributed by atoms with Crippen molar-refractivity contribution in [3.05, 3.63) is 42.5 Å². The number of ether oxygens (including phenoxy) is 2. The first-order valence-corrected chi connectivity index (χ1v) is 10.7. The molecule has 0 bridgehead atoms. The monoisotopic (exact) mass is 411 g/mol. The Balaban J connectivity index is 1.78. The van der Waals surface area contributed by atoms with Crippen molar-refractivity contribution >= 4 is 12.1 Å². The van der Waals surface area contributed by atoms with Crippen molar-refractivity contribution in [1.29, 1.82) is 0 Å².